The normalized spacial score (nSPS) is 12.3. The molecule has 106 valence electrons. The molecule has 0 aliphatic carbocycles. The average molecular weight is 343 g/mol. The molecule has 0 radical (unpaired) electrons. The number of hydrogen-bond donors (Lipinski definition) is 1. The van der Waals surface area contributed by atoms with Gasteiger partial charge in [-0.1, -0.05) is 36.4 Å². The molecule has 2 aromatic carbocycles. The third kappa shape index (κ3) is 2.77. The predicted octanol–water partition coefficient (Wildman–Crippen LogP) is 4.81. The summed E-state index contributed by atoms with van der Waals surface area (Å²) in [6.07, 6.45) is 1.70. The fourth-order valence-electron chi connectivity index (χ4n) is 2.23. The van der Waals surface area contributed by atoms with Crippen LogP contribution >= 0.6 is 15.9 Å². The third-order valence-electron chi connectivity index (χ3n) is 3.33. The van der Waals surface area contributed by atoms with E-state index in [0.717, 1.165) is 26.6 Å². The SMILES string of the molecule is C[C@@H](N)c1cccnc1Oc1ccc2ccccc2c1Br. The van der Waals surface area contributed by atoms with E-state index in [2.05, 4.69) is 33.0 Å². The smallest absolute Gasteiger partial charge is 0.224 e. The summed E-state index contributed by atoms with van der Waals surface area (Å²) in [5.74, 6) is 1.28. The van der Waals surface area contributed by atoms with Crippen molar-refractivity contribution in [2.45, 2.75) is 13.0 Å². The number of pyridine rings is 1. The molecule has 1 heterocycles. The number of aromatic nitrogens is 1. The van der Waals surface area contributed by atoms with E-state index in [1.807, 2.05) is 43.3 Å². The van der Waals surface area contributed by atoms with Crippen LogP contribution in [0.1, 0.15) is 18.5 Å². The van der Waals surface area contributed by atoms with Crippen LogP contribution in [0.25, 0.3) is 10.8 Å². The van der Waals surface area contributed by atoms with Crippen LogP contribution in [0.5, 0.6) is 11.6 Å². The van der Waals surface area contributed by atoms with Crippen molar-refractivity contribution >= 4 is 26.7 Å². The molecule has 0 bridgehead atoms. The first-order valence-corrected chi connectivity index (χ1v) is 7.51. The Morgan fingerprint density at radius 1 is 1.10 bits per heavy atom. The molecule has 1 atom stereocenters. The molecule has 0 amide bonds. The largest absolute Gasteiger partial charge is 0.437 e. The van der Waals surface area contributed by atoms with Crippen LogP contribution in [-0.2, 0) is 0 Å². The number of benzene rings is 2. The summed E-state index contributed by atoms with van der Waals surface area (Å²) in [4.78, 5) is 4.29. The van der Waals surface area contributed by atoms with Crippen LogP contribution in [-0.4, -0.2) is 4.98 Å². The van der Waals surface area contributed by atoms with Crippen LogP contribution in [0.4, 0.5) is 0 Å². The second-order valence-electron chi connectivity index (χ2n) is 4.89. The topological polar surface area (TPSA) is 48.1 Å². The molecule has 4 heteroatoms. The van der Waals surface area contributed by atoms with Gasteiger partial charge >= 0.3 is 0 Å². The standard InChI is InChI=1S/C17H15BrN2O/c1-11(19)13-7-4-10-20-17(13)21-15-9-8-12-5-2-3-6-14(12)16(15)18/h2-11H,19H2,1H3/t11-/m1/s1. The van der Waals surface area contributed by atoms with Crippen molar-refractivity contribution in [3.8, 4) is 11.6 Å². The van der Waals surface area contributed by atoms with Crippen molar-refractivity contribution in [2.75, 3.05) is 0 Å². The first-order chi connectivity index (χ1) is 10.2. The van der Waals surface area contributed by atoms with Gasteiger partial charge in [-0.3, -0.25) is 0 Å². The summed E-state index contributed by atoms with van der Waals surface area (Å²) in [6.45, 7) is 1.92. The van der Waals surface area contributed by atoms with Gasteiger partial charge in [0.1, 0.15) is 5.75 Å². The Balaban J connectivity index is 2.05. The molecule has 0 fully saturated rings. The second-order valence-corrected chi connectivity index (χ2v) is 5.68. The molecular weight excluding hydrogens is 328 g/mol. The molecule has 3 aromatic rings. The van der Waals surface area contributed by atoms with Gasteiger partial charge in [0.25, 0.3) is 0 Å². The average Bonchev–Trinajstić information content (AvgIpc) is 2.51. The van der Waals surface area contributed by atoms with E-state index in [0.29, 0.717) is 5.88 Å². The molecule has 2 N–H and O–H groups in total. The van der Waals surface area contributed by atoms with E-state index in [-0.39, 0.29) is 6.04 Å². The van der Waals surface area contributed by atoms with Crippen LogP contribution in [0, 0.1) is 0 Å². The van der Waals surface area contributed by atoms with Gasteiger partial charge in [0.2, 0.25) is 5.88 Å². The van der Waals surface area contributed by atoms with Crippen molar-refractivity contribution < 1.29 is 4.74 Å². The van der Waals surface area contributed by atoms with E-state index in [4.69, 9.17) is 10.5 Å². The summed E-state index contributed by atoms with van der Waals surface area (Å²) in [6, 6.07) is 15.8. The Hall–Kier alpha value is -1.91. The van der Waals surface area contributed by atoms with Crippen LogP contribution in [0.2, 0.25) is 0 Å². The van der Waals surface area contributed by atoms with Gasteiger partial charge in [0.05, 0.1) is 4.47 Å². The van der Waals surface area contributed by atoms with Gasteiger partial charge in [0.15, 0.2) is 0 Å². The summed E-state index contributed by atoms with van der Waals surface area (Å²) < 4.78 is 6.89. The number of halogens is 1. The lowest BCUT2D eigenvalue weighted by Gasteiger charge is -2.14. The lowest BCUT2D eigenvalue weighted by atomic mass is 10.1. The maximum atomic E-state index is 5.97. The maximum absolute atomic E-state index is 5.97. The zero-order chi connectivity index (χ0) is 14.8. The monoisotopic (exact) mass is 342 g/mol. The van der Waals surface area contributed by atoms with Crippen LogP contribution in [0.15, 0.2) is 59.2 Å². The van der Waals surface area contributed by atoms with Crippen molar-refractivity contribution in [3.05, 3.63) is 64.8 Å². The number of rotatable bonds is 3. The molecule has 1 aromatic heterocycles. The Kier molecular flexibility index (Phi) is 3.90. The zero-order valence-corrected chi connectivity index (χ0v) is 13.2. The minimum absolute atomic E-state index is 0.132. The quantitative estimate of drug-likeness (QED) is 0.742. The van der Waals surface area contributed by atoms with Gasteiger partial charge in [-0.15, -0.1) is 0 Å². The van der Waals surface area contributed by atoms with E-state index in [1.165, 1.54) is 0 Å². The van der Waals surface area contributed by atoms with Crippen LogP contribution < -0.4 is 10.5 Å². The van der Waals surface area contributed by atoms with Gasteiger partial charge in [-0.2, -0.15) is 0 Å². The summed E-state index contributed by atoms with van der Waals surface area (Å²) in [5, 5.41) is 2.26. The van der Waals surface area contributed by atoms with Gasteiger partial charge < -0.3 is 10.5 Å². The first-order valence-electron chi connectivity index (χ1n) is 6.72. The molecule has 21 heavy (non-hydrogen) atoms. The Bertz CT molecular complexity index is 787. The van der Waals surface area contributed by atoms with Gasteiger partial charge in [-0.05, 0) is 45.8 Å². The highest BCUT2D eigenvalue weighted by Gasteiger charge is 2.12. The Morgan fingerprint density at radius 3 is 2.71 bits per heavy atom. The number of ether oxygens (including phenoxy) is 1. The molecule has 0 aliphatic rings. The molecule has 0 spiro atoms. The van der Waals surface area contributed by atoms with Crippen LogP contribution in [0.3, 0.4) is 0 Å². The van der Waals surface area contributed by atoms with E-state index in [9.17, 15) is 0 Å². The predicted molar refractivity (Wildman–Crippen MR) is 88.6 cm³/mol. The van der Waals surface area contributed by atoms with Gasteiger partial charge in [-0.25, -0.2) is 4.98 Å². The molecule has 0 saturated carbocycles. The summed E-state index contributed by atoms with van der Waals surface area (Å²) in [5.41, 5.74) is 6.85. The number of hydrogen-bond acceptors (Lipinski definition) is 3. The van der Waals surface area contributed by atoms with E-state index < -0.39 is 0 Å². The molecule has 3 rings (SSSR count). The highest BCUT2D eigenvalue weighted by atomic mass is 79.9. The molecule has 0 saturated heterocycles. The maximum Gasteiger partial charge on any atom is 0.224 e. The van der Waals surface area contributed by atoms with Crippen molar-refractivity contribution in [1.82, 2.24) is 4.98 Å². The van der Waals surface area contributed by atoms with Crippen molar-refractivity contribution in [3.63, 3.8) is 0 Å². The first kappa shape index (κ1) is 14.0. The molecule has 3 nitrogen and oxygen atoms in total. The van der Waals surface area contributed by atoms with E-state index in [1.54, 1.807) is 6.20 Å². The fraction of sp³-hybridized carbons (Fsp3) is 0.118. The highest BCUT2D eigenvalue weighted by Crippen LogP contribution is 2.36. The van der Waals surface area contributed by atoms with Crippen molar-refractivity contribution in [1.29, 1.82) is 0 Å². The fourth-order valence-corrected chi connectivity index (χ4v) is 2.81. The zero-order valence-electron chi connectivity index (χ0n) is 11.6. The minimum Gasteiger partial charge on any atom is -0.437 e. The lowest BCUT2D eigenvalue weighted by Crippen LogP contribution is -2.07. The lowest BCUT2D eigenvalue weighted by molar-refractivity contribution is 0.450. The number of nitrogens with two attached hydrogens (primary N) is 1. The molecule has 0 unspecified atom stereocenters. The highest BCUT2D eigenvalue weighted by molar-refractivity contribution is 9.10. The Morgan fingerprint density at radius 2 is 1.90 bits per heavy atom. The number of fused-ring (bicyclic) bond motifs is 1. The number of nitrogens with zero attached hydrogens (tertiary/aromatic N) is 1. The van der Waals surface area contributed by atoms with E-state index >= 15 is 0 Å². The Labute approximate surface area is 131 Å². The summed E-state index contributed by atoms with van der Waals surface area (Å²) in [7, 11) is 0. The molecule has 0 aliphatic heterocycles. The molecular formula is C17H15BrN2O. The third-order valence-corrected chi connectivity index (χ3v) is 4.14. The minimum atomic E-state index is -0.132. The van der Waals surface area contributed by atoms with Crippen molar-refractivity contribution in [2.24, 2.45) is 5.73 Å². The summed E-state index contributed by atoms with van der Waals surface area (Å²) >= 11 is 3.62. The van der Waals surface area contributed by atoms with Gasteiger partial charge in [0, 0.05) is 17.8 Å². The second kappa shape index (κ2) is 5.84.